The number of ether oxygens (including phenoxy) is 1. The van der Waals surface area contributed by atoms with Crippen LogP contribution in [0.25, 0.3) is 0 Å². The van der Waals surface area contributed by atoms with Gasteiger partial charge >= 0.3 is 5.97 Å². The number of nitriles is 1. The van der Waals surface area contributed by atoms with Crippen molar-refractivity contribution in [2.24, 2.45) is 16.2 Å². The Balaban J connectivity index is 2.39. The smallest absolute Gasteiger partial charge is 0.302 e. The van der Waals surface area contributed by atoms with Crippen molar-refractivity contribution in [3.8, 4) is 6.07 Å². The van der Waals surface area contributed by atoms with E-state index >= 15 is 0 Å². The molecule has 0 aliphatic heterocycles. The predicted molar refractivity (Wildman–Crippen MR) is 59.3 cm³/mol. The lowest BCUT2D eigenvalue weighted by Crippen LogP contribution is -2.38. The molecule has 0 amide bonds. The van der Waals surface area contributed by atoms with Crippen molar-refractivity contribution in [3.05, 3.63) is 0 Å². The van der Waals surface area contributed by atoms with Gasteiger partial charge in [-0.15, -0.1) is 0 Å². The van der Waals surface area contributed by atoms with Crippen LogP contribution in [0.15, 0.2) is 0 Å². The molecule has 16 heavy (non-hydrogen) atoms. The molecule has 2 saturated carbocycles. The van der Waals surface area contributed by atoms with Crippen LogP contribution in [-0.2, 0) is 9.53 Å². The molecule has 3 atom stereocenters. The van der Waals surface area contributed by atoms with Crippen LogP contribution in [0.5, 0.6) is 0 Å². The molecule has 2 rings (SSSR count). The molecule has 2 bridgehead atoms. The molecule has 0 saturated heterocycles. The summed E-state index contributed by atoms with van der Waals surface area (Å²) in [5.74, 6) is -0.234. The Kier molecular flexibility index (Phi) is 2.15. The molecule has 0 spiro atoms. The SMILES string of the molecule is CC(=O)O[C@H]1C[C@]2(C#N)CC[C@@]1(C)C2(C)C. The fraction of sp³-hybridized carbons (Fsp3) is 0.846. The summed E-state index contributed by atoms with van der Waals surface area (Å²) in [4.78, 5) is 11.1. The van der Waals surface area contributed by atoms with Crippen LogP contribution in [0, 0.1) is 27.6 Å². The predicted octanol–water partition coefficient (Wildman–Crippen LogP) is 2.66. The molecule has 3 heteroatoms. The van der Waals surface area contributed by atoms with Crippen molar-refractivity contribution < 1.29 is 9.53 Å². The van der Waals surface area contributed by atoms with Gasteiger partial charge in [-0.05, 0) is 18.3 Å². The van der Waals surface area contributed by atoms with Gasteiger partial charge < -0.3 is 4.74 Å². The van der Waals surface area contributed by atoms with E-state index in [1.54, 1.807) is 0 Å². The van der Waals surface area contributed by atoms with Crippen LogP contribution in [0.2, 0.25) is 0 Å². The van der Waals surface area contributed by atoms with E-state index in [1.807, 2.05) is 0 Å². The average Bonchev–Trinajstić information content (AvgIpc) is 2.47. The van der Waals surface area contributed by atoms with Gasteiger partial charge in [-0.3, -0.25) is 4.79 Å². The van der Waals surface area contributed by atoms with Crippen LogP contribution in [-0.4, -0.2) is 12.1 Å². The summed E-state index contributed by atoms with van der Waals surface area (Å²) >= 11 is 0. The minimum absolute atomic E-state index is 0.0472. The highest BCUT2D eigenvalue weighted by Crippen LogP contribution is 2.72. The molecule has 0 aromatic rings. The zero-order valence-corrected chi connectivity index (χ0v) is 10.5. The number of esters is 1. The monoisotopic (exact) mass is 221 g/mol. The number of nitrogens with zero attached hydrogens (tertiary/aromatic N) is 1. The topological polar surface area (TPSA) is 50.1 Å². The van der Waals surface area contributed by atoms with Crippen LogP contribution in [0.3, 0.4) is 0 Å². The highest BCUT2D eigenvalue weighted by atomic mass is 16.5. The Labute approximate surface area is 96.8 Å². The maximum atomic E-state index is 11.1. The molecule has 0 radical (unpaired) electrons. The maximum absolute atomic E-state index is 11.1. The molecule has 2 fully saturated rings. The fourth-order valence-corrected chi connectivity index (χ4v) is 3.72. The van der Waals surface area contributed by atoms with Crippen LogP contribution in [0.4, 0.5) is 0 Å². The summed E-state index contributed by atoms with van der Waals surface area (Å²) in [7, 11) is 0. The lowest BCUT2D eigenvalue weighted by Gasteiger charge is -2.38. The molecule has 0 unspecified atom stereocenters. The van der Waals surface area contributed by atoms with Gasteiger partial charge in [0.1, 0.15) is 6.10 Å². The van der Waals surface area contributed by atoms with E-state index in [0.29, 0.717) is 6.42 Å². The second-order valence-corrected chi connectivity index (χ2v) is 6.04. The van der Waals surface area contributed by atoms with E-state index < -0.39 is 0 Å². The lowest BCUT2D eigenvalue weighted by molar-refractivity contribution is -0.154. The second-order valence-electron chi connectivity index (χ2n) is 6.04. The van der Waals surface area contributed by atoms with E-state index in [2.05, 4.69) is 26.8 Å². The minimum atomic E-state index is -0.304. The Bertz CT molecular complexity index is 382. The van der Waals surface area contributed by atoms with E-state index in [0.717, 1.165) is 12.8 Å². The Morgan fingerprint density at radius 3 is 2.44 bits per heavy atom. The minimum Gasteiger partial charge on any atom is -0.462 e. The standard InChI is InChI=1S/C13H19NO2/c1-9(15)16-10-7-13(8-14)6-5-12(10,4)11(13,2)3/h10H,5-7H2,1-4H3/t10-,12+,13-/m0/s1. The number of fused-ring (bicyclic) bond motifs is 2. The zero-order chi connectivity index (χ0) is 12.2. The van der Waals surface area contributed by atoms with Gasteiger partial charge in [0.05, 0.1) is 11.5 Å². The Morgan fingerprint density at radius 1 is 1.38 bits per heavy atom. The third-order valence-corrected chi connectivity index (χ3v) is 5.46. The van der Waals surface area contributed by atoms with Crippen molar-refractivity contribution >= 4 is 5.97 Å². The molecule has 0 heterocycles. The van der Waals surface area contributed by atoms with E-state index in [-0.39, 0.29) is 28.3 Å². The molecule has 3 nitrogen and oxygen atoms in total. The van der Waals surface area contributed by atoms with Gasteiger partial charge in [0.2, 0.25) is 0 Å². The molecule has 2 aliphatic carbocycles. The molecule has 0 aromatic carbocycles. The van der Waals surface area contributed by atoms with Crippen LogP contribution < -0.4 is 0 Å². The maximum Gasteiger partial charge on any atom is 0.302 e. The summed E-state index contributed by atoms with van der Waals surface area (Å²) in [6.45, 7) is 7.90. The first-order valence-corrected chi connectivity index (χ1v) is 5.88. The van der Waals surface area contributed by atoms with E-state index in [1.165, 1.54) is 6.92 Å². The number of carbonyl (C=O) groups excluding carboxylic acids is 1. The van der Waals surface area contributed by atoms with Gasteiger partial charge in [-0.1, -0.05) is 20.8 Å². The van der Waals surface area contributed by atoms with Gasteiger partial charge in [-0.2, -0.15) is 5.26 Å². The van der Waals surface area contributed by atoms with Crippen molar-refractivity contribution in [3.63, 3.8) is 0 Å². The summed E-state index contributed by atoms with van der Waals surface area (Å²) in [5, 5.41) is 9.45. The largest absolute Gasteiger partial charge is 0.462 e. The molecule has 88 valence electrons. The first-order valence-electron chi connectivity index (χ1n) is 5.88. The Hall–Kier alpha value is -1.04. The molecule has 0 aromatic heterocycles. The molecule has 2 aliphatic rings. The van der Waals surface area contributed by atoms with Crippen molar-refractivity contribution in [1.82, 2.24) is 0 Å². The van der Waals surface area contributed by atoms with Crippen LogP contribution in [0.1, 0.15) is 47.0 Å². The number of carbonyl (C=O) groups is 1. The number of rotatable bonds is 1. The van der Waals surface area contributed by atoms with E-state index in [9.17, 15) is 10.1 Å². The average molecular weight is 221 g/mol. The fourth-order valence-electron chi connectivity index (χ4n) is 3.72. The van der Waals surface area contributed by atoms with Gasteiger partial charge in [0.15, 0.2) is 0 Å². The zero-order valence-electron chi connectivity index (χ0n) is 10.5. The lowest BCUT2D eigenvalue weighted by atomic mass is 9.65. The third kappa shape index (κ3) is 1.05. The van der Waals surface area contributed by atoms with Crippen molar-refractivity contribution in [2.75, 3.05) is 0 Å². The van der Waals surface area contributed by atoms with Crippen LogP contribution >= 0.6 is 0 Å². The quantitative estimate of drug-likeness (QED) is 0.639. The summed E-state index contributed by atoms with van der Waals surface area (Å²) in [6, 6.07) is 2.50. The van der Waals surface area contributed by atoms with Gasteiger partial charge in [0.25, 0.3) is 0 Å². The van der Waals surface area contributed by atoms with Crippen molar-refractivity contribution in [2.45, 2.75) is 53.1 Å². The molecular weight excluding hydrogens is 202 g/mol. The molecule has 0 N–H and O–H groups in total. The first-order chi connectivity index (χ1) is 7.29. The highest BCUT2D eigenvalue weighted by Gasteiger charge is 2.71. The summed E-state index contributed by atoms with van der Waals surface area (Å²) < 4.78 is 5.42. The Morgan fingerprint density at radius 2 is 2.00 bits per heavy atom. The highest BCUT2D eigenvalue weighted by molar-refractivity contribution is 5.66. The third-order valence-electron chi connectivity index (χ3n) is 5.46. The van der Waals surface area contributed by atoms with E-state index in [4.69, 9.17) is 4.74 Å². The number of hydrogen-bond donors (Lipinski definition) is 0. The van der Waals surface area contributed by atoms with Gasteiger partial charge in [0, 0.05) is 18.8 Å². The second kappa shape index (κ2) is 3.00. The first kappa shape index (κ1) is 11.4. The van der Waals surface area contributed by atoms with Gasteiger partial charge in [-0.25, -0.2) is 0 Å². The molecular formula is C13H19NO2. The summed E-state index contributed by atoms with van der Waals surface area (Å²) in [6.07, 6.45) is 2.52. The normalized spacial score (nSPS) is 44.1. The summed E-state index contributed by atoms with van der Waals surface area (Å²) in [5.41, 5.74) is -0.425. The number of hydrogen-bond acceptors (Lipinski definition) is 3. The van der Waals surface area contributed by atoms with Crippen molar-refractivity contribution in [1.29, 1.82) is 5.26 Å².